The van der Waals surface area contributed by atoms with Gasteiger partial charge in [-0.2, -0.15) is 5.10 Å². The molecular weight excluding hydrogens is 364 g/mol. The van der Waals surface area contributed by atoms with Crippen LogP contribution in [0, 0.1) is 0 Å². The highest BCUT2D eigenvalue weighted by Gasteiger charge is 2.13. The first-order valence-corrected chi connectivity index (χ1v) is 9.24. The van der Waals surface area contributed by atoms with Crippen molar-refractivity contribution in [3.63, 3.8) is 0 Å². The van der Waals surface area contributed by atoms with E-state index in [4.69, 9.17) is 21.4 Å². The maximum atomic E-state index is 10.9. The van der Waals surface area contributed by atoms with Gasteiger partial charge in [0.05, 0.1) is 24.9 Å². The SMILES string of the molecule is CCCCOc1cccc(-c2ccc(-n3ncc(CC(=O)O)c3Cl)cc2)c1. The highest BCUT2D eigenvalue weighted by molar-refractivity contribution is 6.30. The summed E-state index contributed by atoms with van der Waals surface area (Å²) >= 11 is 6.26. The Morgan fingerprint density at radius 3 is 2.67 bits per heavy atom. The Morgan fingerprint density at radius 1 is 1.19 bits per heavy atom. The van der Waals surface area contributed by atoms with E-state index >= 15 is 0 Å². The number of hydrogen-bond acceptors (Lipinski definition) is 3. The molecule has 0 radical (unpaired) electrons. The number of rotatable bonds is 8. The van der Waals surface area contributed by atoms with Gasteiger partial charge in [0.2, 0.25) is 0 Å². The topological polar surface area (TPSA) is 64.4 Å². The Morgan fingerprint density at radius 2 is 1.96 bits per heavy atom. The van der Waals surface area contributed by atoms with Crippen molar-refractivity contribution < 1.29 is 14.6 Å². The first-order valence-electron chi connectivity index (χ1n) is 8.86. The number of carboxylic acid groups (broad SMARTS) is 1. The summed E-state index contributed by atoms with van der Waals surface area (Å²) in [4.78, 5) is 10.9. The number of carboxylic acids is 1. The number of halogens is 1. The zero-order valence-electron chi connectivity index (χ0n) is 15.1. The molecule has 1 N–H and O–H groups in total. The van der Waals surface area contributed by atoms with Crippen LogP contribution in [0.5, 0.6) is 5.75 Å². The summed E-state index contributed by atoms with van der Waals surface area (Å²) < 4.78 is 7.31. The van der Waals surface area contributed by atoms with E-state index in [-0.39, 0.29) is 6.42 Å². The third-order valence-electron chi connectivity index (χ3n) is 4.17. The highest BCUT2D eigenvalue weighted by atomic mass is 35.5. The molecule has 5 nitrogen and oxygen atoms in total. The number of ether oxygens (including phenoxy) is 1. The van der Waals surface area contributed by atoms with Crippen LogP contribution >= 0.6 is 11.6 Å². The molecule has 0 atom stereocenters. The highest BCUT2D eigenvalue weighted by Crippen LogP contribution is 2.26. The van der Waals surface area contributed by atoms with E-state index in [1.807, 2.05) is 48.5 Å². The second kappa shape index (κ2) is 8.73. The van der Waals surface area contributed by atoms with Crippen LogP contribution in [0.15, 0.2) is 54.7 Å². The second-order valence-electron chi connectivity index (χ2n) is 6.22. The maximum Gasteiger partial charge on any atom is 0.307 e. The summed E-state index contributed by atoms with van der Waals surface area (Å²) in [5.74, 6) is -0.0775. The van der Waals surface area contributed by atoms with Gasteiger partial charge >= 0.3 is 5.97 Å². The largest absolute Gasteiger partial charge is 0.494 e. The molecule has 0 fully saturated rings. The average Bonchev–Trinajstić information content (AvgIpc) is 3.02. The van der Waals surface area contributed by atoms with Gasteiger partial charge in [0, 0.05) is 5.56 Å². The molecule has 3 aromatic rings. The van der Waals surface area contributed by atoms with Gasteiger partial charge in [-0.25, -0.2) is 4.68 Å². The van der Waals surface area contributed by atoms with Gasteiger partial charge in [-0.3, -0.25) is 4.79 Å². The van der Waals surface area contributed by atoms with E-state index in [0.29, 0.717) is 10.7 Å². The predicted octanol–water partition coefficient (Wildman–Crippen LogP) is 5.00. The fraction of sp³-hybridized carbons (Fsp3) is 0.238. The van der Waals surface area contributed by atoms with Crippen LogP contribution in [0.1, 0.15) is 25.3 Å². The average molecular weight is 385 g/mol. The summed E-state index contributed by atoms with van der Waals surface area (Å²) in [7, 11) is 0. The van der Waals surface area contributed by atoms with Gasteiger partial charge in [0.15, 0.2) is 0 Å². The van der Waals surface area contributed by atoms with Crippen molar-refractivity contribution in [1.29, 1.82) is 0 Å². The zero-order valence-corrected chi connectivity index (χ0v) is 15.8. The van der Waals surface area contributed by atoms with Crippen molar-refractivity contribution in [2.45, 2.75) is 26.2 Å². The molecule has 6 heteroatoms. The summed E-state index contributed by atoms with van der Waals surface area (Å²) in [6, 6.07) is 15.8. The Labute approximate surface area is 163 Å². The van der Waals surface area contributed by atoms with E-state index in [2.05, 4.69) is 12.0 Å². The van der Waals surface area contributed by atoms with Crippen molar-refractivity contribution >= 4 is 17.6 Å². The zero-order chi connectivity index (χ0) is 19.2. The lowest BCUT2D eigenvalue weighted by Crippen LogP contribution is -2.01. The molecule has 0 saturated heterocycles. The smallest absolute Gasteiger partial charge is 0.307 e. The third-order valence-corrected chi connectivity index (χ3v) is 4.57. The van der Waals surface area contributed by atoms with Gasteiger partial charge in [-0.05, 0) is 41.8 Å². The fourth-order valence-electron chi connectivity index (χ4n) is 2.72. The Hall–Kier alpha value is -2.79. The number of hydrogen-bond donors (Lipinski definition) is 1. The molecule has 1 heterocycles. The first-order chi connectivity index (χ1) is 13.1. The Bertz CT molecular complexity index is 919. The first kappa shape index (κ1) is 19.0. The van der Waals surface area contributed by atoms with Crippen LogP contribution in [-0.4, -0.2) is 27.5 Å². The molecule has 0 amide bonds. The number of carbonyl (C=O) groups is 1. The van der Waals surface area contributed by atoms with Crippen LogP contribution in [0.3, 0.4) is 0 Å². The van der Waals surface area contributed by atoms with E-state index < -0.39 is 5.97 Å². The maximum absolute atomic E-state index is 10.9. The van der Waals surface area contributed by atoms with Crippen LogP contribution < -0.4 is 4.74 Å². The van der Waals surface area contributed by atoms with Gasteiger partial charge in [-0.15, -0.1) is 0 Å². The normalized spacial score (nSPS) is 10.7. The minimum absolute atomic E-state index is 0.151. The van der Waals surface area contributed by atoms with Gasteiger partial charge in [0.1, 0.15) is 10.9 Å². The van der Waals surface area contributed by atoms with Crippen LogP contribution in [0.2, 0.25) is 5.15 Å². The molecule has 0 aliphatic rings. The molecule has 0 spiro atoms. The number of benzene rings is 2. The molecule has 3 rings (SSSR count). The minimum atomic E-state index is -0.937. The van der Waals surface area contributed by atoms with Crippen molar-refractivity contribution in [2.24, 2.45) is 0 Å². The summed E-state index contributed by atoms with van der Waals surface area (Å²) in [6.07, 6.45) is 3.47. The van der Waals surface area contributed by atoms with Crippen LogP contribution in [-0.2, 0) is 11.2 Å². The number of unbranched alkanes of at least 4 members (excludes halogenated alkanes) is 1. The summed E-state index contributed by atoms with van der Waals surface area (Å²) in [6.45, 7) is 2.85. The lowest BCUT2D eigenvalue weighted by molar-refractivity contribution is -0.136. The molecule has 1 aromatic heterocycles. The summed E-state index contributed by atoms with van der Waals surface area (Å²) in [5.41, 5.74) is 3.38. The lowest BCUT2D eigenvalue weighted by atomic mass is 10.1. The van der Waals surface area contributed by atoms with E-state index in [9.17, 15) is 4.79 Å². The molecule has 2 aromatic carbocycles. The van der Waals surface area contributed by atoms with Crippen molar-refractivity contribution in [1.82, 2.24) is 9.78 Å². The number of aromatic nitrogens is 2. The van der Waals surface area contributed by atoms with Gasteiger partial charge < -0.3 is 9.84 Å². The van der Waals surface area contributed by atoms with Crippen molar-refractivity contribution in [3.8, 4) is 22.6 Å². The third kappa shape index (κ3) is 4.68. The minimum Gasteiger partial charge on any atom is -0.494 e. The van der Waals surface area contributed by atoms with E-state index in [0.717, 1.165) is 42.0 Å². The van der Waals surface area contributed by atoms with Gasteiger partial charge in [0.25, 0.3) is 0 Å². The predicted molar refractivity (Wildman–Crippen MR) is 106 cm³/mol. The fourth-order valence-corrected chi connectivity index (χ4v) is 2.98. The summed E-state index contributed by atoms with van der Waals surface area (Å²) in [5, 5.41) is 13.4. The molecule has 140 valence electrons. The van der Waals surface area contributed by atoms with Crippen LogP contribution in [0.4, 0.5) is 0 Å². The Balaban J connectivity index is 1.79. The molecule has 0 aliphatic carbocycles. The lowest BCUT2D eigenvalue weighted by Gasteiger charge is -2.09. The quantitative estimate of drug-likeness (QED) is 0.555. The molecular formula is C21H21ClN2O3. The van der Waals surface area contributed by atoms with E-state index in [1.54, 1.807) is 0 Å². The van der Waals surface area contributed by atoms with Crippen LogP contribution in [0.25, 0.3) is 16.8 Å². The standard InChI is InChI=1S/C21H21ClN2O3/c1-2-3-11-27-19-6-4-5-16(12-19)15-7-9-18(10-8-15)24-21(22)17(14-23-24)13-20(25)26/h4-10,12,14H,2-3,11,13H2,1H3,(H,25,26). The molecule has 0 aliphatic heterocycles. The number of nitrogens with zero attached hydrogens (tertiary/aromatic N) is 2. The number of aliphatic carboxylic acids is 1. The van der Waals surface area contributed by atoms with Crippen molar-refractivity contribution in [2.75, 3.05) is 6.61 Å². The monoisotopic (exact) mass is 384 g/mol. The molecule has 0 unspecified atom stereocenters. The molecule has 27 heavy (non-hydrogen) atoms. The van der Waals surface area contributed by atoms with Gasteiger partial charge in [-0.1, -0.05) is 49.2 Å². The second-order valence-corrected chi connectivity index (χ2v) is 6.58. The molecule has 0 bridgehead atoms. The van der Waals surface area contributed by atoms with E-state index in [1.165, 1.54) is 10.9 Å². The van der Waals surface area contributed by atoms with Crippen molar-refractivity contribution in [3.05, 3.63) is 65.4 Å². The Kier molecular flexibility index (Phi) is 6.14. The molecule has 0 saturated carbocycles.